The molecule has 23 heavy (non-hydrogen) atoms. The molecule has 0 aliphatic carbocycles. The number of hydrogen-bond acceptors (Lipinski definition) is 5. The number of fused-ring (bicyclic) bond motifs is 1. The molecule has 2 N–H and O–H groups in total. The minimum atomic E-state index is -0.395. The highest BCUT2D eigenvalue weighted by Crippen LogP contribution is 2.22. The fourth-order valence-electron chi connectivity index (χ4n) is 2.08. The van der Waals surface area contributed by atoms with E-state index in [2.05, 4.69) is 20.5 Å². The molecule has 0 spiro atoms. The van der Waals surface area contributed by atoms with Gasteiger partial charge in [-0.25, -0.2) is 10.4 Å². The van der Waals surface area contributed by atoms with Gasteiger partial charge in [-0.2, -0.15) is 5.10 Å². The number of nitrogens with one attached hydrogen (secondary N) is 1. The predicted molar refractivity (Wildman–Crippen MR) is 87.3 cm³/mol. The summed E-state index contributed by atoms with van der Waals surface area (Å²) in [7, 11) is 0. The van der Waals surface area contributed by atoms with E-state index in [1.165, 1.54) is 0 Å². The van der Waals surface area contributed by atoms with Crippen molar-refractivity contribution in [2.45, 2.75) is 6.92 Å². The van der Waals surface area contributed by atoms with Crippen LogP contribution in [0.1, 0.15) is 23.1 Å². The molecule has 0 unspecified atom stereocenters. The van der Waals surface area contributed by atoms with Gasteiger partial charge in [0, 0.05) is 11.6 Å². The van der Waals surface area contributed by atoms with E-state index >= 15 is 0 Å². The topological polar surface area (TPSA) is 87.5 Å². The number of hydrazone groups is 1. The Bertz CT molecular complexity index is 891. The number of amides is 1. The first-order valence-electron chi connectivity index (χ1n) is 7.00. The number of aromatic hydroxyl groups is 1. The number of phenols is 1. The third kappa shape index (κ3) is 3.16. The first kappa shape index (κ1) is 14.6. The van der Waals surface area contributed by atoms with Crippen molar-refractivity contribution in [2.75, 3.05) is 0 Å². The molecule has 2 aromatic heterocycles. The van der Waals surface area contributed by atoms with Crippen LogP contribution >= 0.6 is 0 Å². The van der Waals surface area contributed by atoms with Gasteiger partial charge < -0.3 is 5.11 Å². The SMILES string of the molecule is C/C(=N/NC(=O)c1ccccn1)c1ccc2cccc(O)c2n1. The number of aromatic nitrogens is 2. The first-order chi connectivity index (χ1) is 11.1. The summed E-state index contributed by atoms with van der Waals surface area (Å²) in [5, 5.41) is 14.7. The van der Waals surface area contributed by atoms with Gasteiger partial charge >= 0.3 is 0 Å². The van der Waals surface area contributed by atoms with Crippen LogP contribution in [0.4, 0.5) is 0 Å². The van der Waals surface area contributed by atoms with Crippen LogP contribution < -0.4 is 5.43 Å². The number of pyridine rings is 2. The van der Waals surface area contributed by atoms with Crippen molar-refractivity contribution in [3.05, 3.63) is 66.1 Å². The van der Waals surface area contributed by atoms with Crippen molar-refractivity contribution in [1.29, 1.82) is 0 Å². The zero-order valence-corrected chi connectivity index (χ0v) is 12.4. The highest BCUT2D eigenvalue weighted by Gasteiger charge is 2.07. The molecule has 3 aromatic rings. The summed E-state index contributed by atoms with van der Waals surface area (Å²) in [6, 6.07) is 13.9. The summed E-state index contributed by atoms with van der Waals surface area (Å²) in [4.78, 5) is 20.2. The number of para-hydroxylation sites is 1. The standard InChI is InChI=1S/C17H14N4O2/c1-11(20-21-17(23)14-6-2-3-10-18-14)13-9-8-12-5-4-7-15(22)16(12)19-13/h2-10,22H,1H3,(H,21,23)/b20-11-. The zero-order chi connectivity index (χ0) is 16.2. The van der Waals surface area contributed by atoms with Gasteiger partial charge in [0.05, 0.1) is 11.4 Å². The minimum Gasteiger partial charge on any atom is -0.506 e. The number of nitrogens with zero attached hydrogens (tertiary/aromatic N) is 3. The molecular formula is C17H14N4O2. The van der Waals surface area contributed by atoms with Crippen LogP contribution in [-0.4, -0.2) is 26.7 Å². The fourth-order valence-corrected chi connectivity index (χ4v) is 2.08. The number of carbonyl (C=O) groups is 1. The maximum Gasteiger partial charge on any atom is 0.289 e. The summed E-state index contributed by atoms with van der Waals surface area (Å²) in [5.74, 6) is -0.289. The van der Waals surface area contributed by atoms with Crippen LogP contribution in [0, 0.1) is 0 Å². The van der Waals surface area contributed by atoms with E-state index in [1.807, 2.05) is 12.1 Å². The molecule has 2 heterocycles. The maximum absolute atomic E-state index is 11.9. The number of hydrogen-bond donors (Lipinski definition) is 2. The summed E-state index contributed by atoms with van der Waals surface area (Å²) < 4.78 is 0. The van der Waals surface area contributed by atoms with Gasteiger partial charge in [0.25, 0.3) is 5.91 Å². The van der Waals surface area contributed by atoms with Crippen molar-refractivity contribution < 1.29 is 9.90 Å². The Morgan fingerprint density at radius 2 is 1.96 bits per heavy atom. The highest BCUT2D eigenvalue weighted by molar-refractivity contribution is 6.01. The minimum absolute atomic E-state index is 0.106. The zero-order valence-electron chi connectivity index (χ0n) is 12.4. The second kappa shape index (κ2) is 6.23. The second-order valence-corrected chi connectivity index (χ2v) is 4.90. The molecule has 0 radical (unpaired) electrons. The van der Waals surface area contributed by atoms with Crippen molar-refractivity contribution in [2.24, 2.45) is 5.10 Å². The monoisotopic (exact) mass is 306 g/mol. The van der Waals surface area contributed by atoms with Gasteiger partial charge in [0.1, 0.15) is 17.0 Å². The van der Waals surface area contributed by atoms with E-state index in [4.69, 9.17) is 0 Å². The van der Waals surface area contributed by atoms with Crippen LogP contribution in [-0.2, 0) is 0 Å². The van der Waals surface area contributed by atoms with E-state index in [0.29, 0.717) is 16.9 Å². The lowest BCUT2D eigenvalue weighted by Crippen LogP contribution is -2.20. The second-order valence-electron chi connectivity index (χ2n) is 4.90. The smallest absolute Gasteiger partial charge is 0.289 e. The van der Waals surface area contributed by atoms with E-state index in [9.17, 15) is 9.90 Å². The lowest BCUT2D eigenvalue weighted by molar-refractivity contribution is 0.0950. The molecule has 0 bridgehead atoms. The van der Waals surface area contributed by atoms with Gasteiger partial charge in [0.15, 0.2) is 0 Å². The predicted octanol–water partition coefficient (Wildman–Crippen LogP) is 2.49. The lowest BCUT2D eigenvalue weighted by atomic mass is 10.1. The first-order valence-corrected chi connectivity index (χ1v) is 7.00. The molecule has 1 aromatic carbocycles. The molecule has 0 fully saturated rings. The molecule has 0 aliphatic rings. The van der Waals surface area contributed by atoms with Gasteiger partial charge in [0.2, 0.25) is 0 Å². The van der Waals surface area contributed by atoms with E-state index in [0.717, 1.165) is 5.39 Å². The van der Waals surface area contributed by atoms with E-state index < -0.39 is 5.91 Å². The number of carbonyl (C=O) groups excluding carboxylic acids is 1. The van der Waals surface area contributed by atoms with Crippen LogP contribution in [0.3, 0.4) is 0 Å². The Hall–Kier alpha value is -3.28. The van der Waals surface area contributed by atoms with Crippen LogP contribution in [0.15, 0.2) is 59.8 Å². The fraction of sp³-hybridized carbons (Fsp3) is 0.0588. The van der Waals surface area contributed by atoms with E-state index in [1.54, 1.807) is 49.5 Å². The van der Waals surface area contributed by atoms with Crippen molar-refractivity contribution in [3.63, 3.8) is 0 Å². The van der Waals surface area contributed by atoms with E-state index in [-0.39, 0.29) is 11.4 Å². The summed E-state index contributed by atoms with van der Waals surface area (Å²) in [6.07, 6.45) is 1.54. The quantitative estimate of drug-likeness (QED) is 0.575. The molecule has 6 nitrogen and oxygen atoms in total. The highest BCUT2D eigenvalue weighted by atomic mass is 16.3. The van der Waals surface area contributed by atoms with Gasteiger partial charge in [-0.05, 0) is 31.2 Å². The molecule has 6 heteroatoms. The summed E-state index contributed by atoms with van der Waals surface area (Å²) in [5.41, 5.74) is 4.32. The van der Waals surface area contributed by atoms with Gasteiger partial charge in [-0.3, -0.25) is 9.78 Å². The van der Waals surface area contributed by atoms with Gasteiger partial charge in [-0.15, -0.1) is 0 Å². The third-order valence-corrected chi connectivity index (χ3v) is 3.29. The Morgan fingerprint density at radius 1 is 1.09 bits per heavy atom. The number of phenolic OH excluding ortho intramolecular Hbond substituents is 1. The average Bonchev–Trinajstić information content (AvgIpc) is 2.60. The largest absolute Gasteiger partial charge is 0.506 e. The van der Waals surface area contributed by atoms with Crippen LogP contribution in [0.2, 0.25) is 0 Å². The maximum atomic E-state index is 11.9. The van der Waals surface area contributed by atoms with Crippen LogP contribution in [0.25, 0.3) is 10.9 Å². The molecular weight excluding hydrogens is 292 g/mol. The molecule has 114 valence electrons. The van der Waals surface area contributed by atoms with Crippen molar-refractivity contribution in [1.82, 2.24) is 15.4 Å². The normalized spacial score (nSPS) is 11.4. The Balaban J connectivity index is 1.84. The van der Waals surface area contributed by atoms with Crippen molar-refractivity contribution >= 4 is 22.5 Å². The number of benzene rings is 1. The Labute approximate surface area is 132 Å². The van der Waals surface area contributed by atoms with Crippen molar-refractivity contribution in [3.8, 4) is 5.75 Å². The van der Waals surface area contributed by atoms with Crippen LogP contribution in [0.5, 0.6) is 5.75 Å². The molecule has 0 saturated carbocycles. The number of rotatable bonds is 3. The lowest BCUT2D eigenvalue weighted by Gasteiger charge is -2.05. The summed E-state index contributed by atoms with van der Waals surface area (Å²) in [6.45, 7) is 1.73. The molecule has 0 saturated heterocycles. The Morgan fingerprint density at radius 3 is 2.74 bits per heavy atom. The Kier molecular flexibility index (Phi) is 3.97. The molecule has 1 amide bonds. The molecule has 3 rings (SSSR count). The molecule has 0 aliphatic heterocycles. The van der Waals surface area contributed by atoms with Gasteiger partial charge in [-0.1, -0.05) is 24.3 Å². The molecule has 0 atom stereocenters. The average molecular weight is 306 g/mol. The summed E-state index contributed by atoms with van der Waals surface area (Å²) >= 11 is 0. The third-order valence-electron chi connectivity index (χ3n) is 3.29.